The molecule has 1 aromatic rings. The Kier molecular flexibility index (Phi) is 4.08. The molecule has 0 spiro atoms. The largest absolute Gasteiger partial charge is 0.377 e. The van der Waals surface area contributed by atoms with Crippen LogP contribution in [0.2, 0.25) is 0 Å². The number of fused-ring (bicyclic) bond motifs is 1. The van der Waals surface area contributed by atoms with Crippen molar-refractivity contribution >= 4 is 0 Å². The summed E-state index contributed by atoms with van der Waals surface area (Å²) < 4.78 is 5.73. The number of ether oxygens (including phenoxy) is 1. The molecule has 0 amide bonds. The van der Waals surface area contributed by atoms with Gasteiger partial charge < -0.3 is 10.5 Å². The van der Waals surface area contributed by atoms with Crippen LogP contribution < -0.4 is 5.73 Å². The van der Waals surface area contributed by atoms with Gasteiger partial charge in [0.05, 0.1) is 5.60 Å². The monoisotopic (exact) mass is 247 g/mol. The first-order valence-corrected chi connectivity index (χ1v) is 7.05. The molecule has 1 aliphatic carbocycles. The summed E-state index contributed by atoms with van der Waals surface area (Å²) in [6.45, 7) is 4.34. The number of benzene rings is 1. The zero-order valence-electron chi connectivity index (χ0n) is 11.8. The highest BCUT2D eigenvalue weighted by Gasteiger charge is 2.37. The Morgan fingerprint density at radius 3 is 2.56 bits per heavy atom. The first-order chi connectivity index (χ1) is 8.66. The second-order valence-electron chi connectivity index (χ2n) is 5.42. The van der Waals surface area contributed by atoms with Crippen LogP contribution in [0.4, 0.5) is 0 Å². The maximum atomic E-state index is 6.43. The molecule has 100 valence electrons. The van der Waals surface area contributed by atoms with Gasteiger partial charge in [-0.2, -0.15) is 0 Å². The molecule has 0 aliphatic heterocycles. The summed E-state index contributed by atoms with van der Waals surface area (Å²) in [5.74, 6) is 0.629. The molecule has 0 heterocycles. The van der Waals surface area contributed by atoms with E-state index in [4.69, 9.17) is 10.5 Å². The van der Waals surface area contributed by atoms with Crippen molar-refractivity contribution in [2.24, 2.45) is 5.73 Å². The van der Waals surface area contributed by atoms with Crippen LogP contribution >= 0.6 is 0 Å². The fourth-order valence-corrected chi connectivity index (χ4v) is 3.31. The average molecular weight is 247 g/mol. The first-order valence-electron chi connectivity index (χ1n) is 7.05. The summed E-state index contributed by atoms with van der Waals surface area (Å²) >= 11 is 0. The first kappa shape index (κ1) is 13.6. The molecular formula is C16H25NO. The summed E-state index contributed by atoms with van der Waals surface area (Å²) in [5, 5.41) is 0. The van der Waals surface area contributed by atoms with Crippen molar-refractivity contribution in [1.29, 1.82) is 0 Å². The summed E-state index contributed by atoms with van der Waals surface area (Å²) in [5.41, 5.74) is 9.26. The maximum Gasteiger partial charge on any atom is 0.0823 e. The Hall–Kier alpha value is -0.860. The minimum Gasteiger partial charge on any atom is -0.377 e. The Balaban J connectivity index is 2.03. The Morgan fingerprint density at radius 1 is 1.33 bits per heavy atom. The fraction of sp³-hybridized carbons (Fsp3) is 0.625. The van der Waals surface area contributed by atoms with Gasteiger partial charge in [0, 0.05) is 13.2 Å². The molecule has 2 nitrogen and oxygen atoms in total. The van der Waals surface area contributed by atoms with Crippen LogP contribution in [0, 0.1) is 0 Å². The van der Waals surface area contributed by atoms with Gasteiger partial charge in [-0.25, -0.2) is 0 Å². The Labute approximate surface area is 111 Å². The molecule has 0 bridgehead atoms. The van der Waals surface area contributed by atoms with Gasteiger partial charge in [-0.3, -0.25) is 0 Å². The van der Waals surface area contributed by atoms with E-state index in [2.05, 4.69) is 38.1 Å². The zero-order chi connectivity index (χ0) is 13.2. The van der Waals surface area contributed by atoms with E-state index in [1.165, 1.54) is 17.5 Å². The molecule has 2 atom stereocenters. The van der Waals surface area contributed by atoms with Crippen molar-refractivity contribution in [3.8, 4) is 0 Å². The SMILES string of the molecule is CCC(CC)(OC)C(N)CC1Cc2ccccc21. The molecular weight excluding hydrogens is 222 g/mol. The summed E-state index contributed by atoms with van der Waals surface area (Å²) in [7, 11) is 1.79. The lowest BCUT2D eigenvalue weighted by atomic mass is 9.71. The highest BCUT2D eigenvalue weighted by molar-refractivity contribution is 5.40. The standard InChI is InChI=1S/C16H25NO/c1-4-16(5-2,18-3)15(17)11-13-10-12-8-6-7-9-14(12)13/h6-9,13,15H,4-5,10-11,17H2,1-3H3. The lowest BCUT2D eigenvalue weighted by molar-refractivity contribution is -0.0413. The van der Waals surface area contributed by atoms with Crippen LogP contribution in [0.25, 0.3) is 0 Å². The maximum absolute atomic E-state index is 6.43. The number of hydrogen-bond acceptors (Lipinski definition) is 2. The third-order valence-corrected chi connectivity index (χ3v) is 4.78. The molecule has 0 aromatic heterocycles. The van der Waals surface area contributed by atoms with Gasteiger partial charge in [0.1, 0.15) is 0 Å². The average Bonchev–Trinajstić information content (AvgIpc) is 2.39. The van der Waals surface area contributed by atoms with Crippen LogP contribution in [-0.2, 0) is 11.2 Å². The van der Waals surface area contributed by atoms with E-state index in [1.807, 2.05) is 0 Å². The van der Waals surface area contributed by atoms with E-state index >= 15 is 0 Å². The molecule has 0 saturated carbocycles. The highest BCUT2D eigenvalue weighted by atomic mass is 16.5. The molecule has 2 heteroatoms. The number of hydrogen-bond donors (Lipinski definition) is 1. The molecule has 18 heavy (non-hydrogen) atoms. The second-order valence-corrected chi connectivity index (χ2v) is 5.42. The lowest BCUT2D eigenvalue weighted by Crippen LogP contribution is -2.50. The molecule has 0 saturated heterocycles. The van der Waals surface area contributed by atoms with Gasteiger partial charge in [0.2, 0.25) is 0 Å². The highest BCUT2D eigenvalue weighted by Crippen LogP contribution is 2.40. The quantitative estimate of drug-likeness (QED) is 0.837. The van der Waals surface area contributed by atoms with Gasteiger partial charge >= 0.3 is 0 Å². The Bertz CT molecular complexity index is 390. The molecule has 2 rings (SSSR count). The van der Waals surface area contributed by atoms with Gasteiger partial charge in [-0.15, -0.1) is 0 Å². The van der Waals surface area contributed by atoms with E-state index in [9.17, 15) is 0 Å². The van der Waals surface area contributed by atoms with Crippen molar-refractivity contribution in [3.63, 3.8) is 0 Å². The van der Waals surface area contributed by atoms with Gasteiger partial charge in [0.15, 0.2) is 0 Å². The Morgan fingerprint density at radius 2 is 2.00 bits per heavy atom. The summed E-state index contributed by atoms with van der Waals surface area (Å²) in [6.07, 6.45) is 4.18. The number of methoxy groups -OCH3 is 1. The van der Waals surface area contributed by atoms with Crippen molar-refractivity contribution in [3.05, 3.63) is 35.4 Å². The molecule has 0 fully saturated rings. The predicted molar refractivity (Wildman–Crippen MR) is 75.8 cm³/mol. The van der Waals surface area contributed by atoms with Crippen molar-refractivity contribution in [1.82, 2.24) is 0 Å². The van der Waals surface area contributed by atoms with Gasteiger partial charge in [-0.05, 0) is 42.7 Å². The zero-order valence-corrected chi connectivity index (χ0v) is 11.8. The molecule has 2 N–H and O–H groups in total. The second kappa shape index (κ2) is 5.41. The van der Waals surface area contributed by atoms with Crippen molar-refractivity contribution in [2.45, 2.75) is 57.1 Å². The van der Waals surface area contributed by atoms with E-state index in [0.29, 0.717) is 5.92 Å². The van der Waals surface area contributed by atoms with Gasteiger partial charge in [0.25, 0.3) is 0 Å². The fourth-order valence-electron chi connectivity index (χ4n) is 3.31. The van der Waals surface area contributed by atoms with E-state index in [0.717, 1.165) is 19.3 Å². The van der Waals surface area contributed by atoms with Crippen LogP contribution in [0.5, 0.6) is 0 Å². The summed E-state index contributed by atoms with van der Waals surface area (Å²) in [4.78, 5) is 0. The third kappa shape index (κ3) is 2.19. The lowest BCUT2D eigenvalue weighted by Gasteiger charge is -2.40. The van der Waals surface area contributed by atoms with E-state index < -0.39 is 0 Å². The van der Waals surface area contributed by atoms with Crippen molar-refractivity contribution in [2.75, 3.05) is 7.11 Å². The minimum absolute atomic E-state index is 0.121. The van der Waals surface area contributed by atoms with Crippen LogP contribution in [0.3, 0.4) is 0 Å². The topological polar surface area (TPSA) is 35.2 Å². The minimum atomic E-state index is -0.148. The van der Waals surface area contributed by atoms with E-state index in [1.54, 1.807) is 7.11 Å². The number of nitrogens with two attached hydrogens (primary N) is 1. The van der Waals surface area contributed by atoms with Crippen LogP contribution in [0.1, 0.15) is 50.2 Å². The molecule has 1 aliphatic rings. The predicted octanol–water partition coefficient (Wildman–Crippen LogP) is 3.25. The summed E-state index contributed by atoms with van der Waals surface area (Å²) in [6, 6.07) is 8.82. The van der Waals surface area contributed by atoms with Crippen LogP contribution in [-0.4, -0.2) is 18.8 Å². The molecule has 0 radical (unpaired) electrons. The van der Waals surface area contributed by atoms with Crippen LogP contribution in [0.15, 0.2) is 24.3 Å². The van der Waals surface area contributed by atoms with E-state index in [-0.39, 0.29) is 11.6 Å². The third-order valence-electron chi connectivity index (χ3n) is 4.78. The number of rotatable bonds is 6. The molecule has 1 aromatic carbocycles. The molecule has 2 unspecified atom stereocenters. The van der Waals surface area contributed by atoms with Crippen molar-refractivity contribution < 1.29 is 4.74 Å². The normalized spacial score (nSPS) is 20.1. The smallest absolute Gasteiger partial charge is 0.0823 e. The van der Waals surface area contributed by atoms with Gasteiger partial charge in [-0.1, -0.05) is 38.1 Å².